The Bertz CT molecular complexity index is 1030. The van der Waals surface area contributed by atoms with Gasteiger partial charge in [0.05, 0.1) is 11.0 Å². The van der Waals surface area contributed by atoms with Crippen LogP contribution in [0.3, 0.4) is 0 Å². The number of carbonyl (C=O) groups is 1. The summed E-state index contributed by atoms with van der Waals surface area (Å²) in [5.74, 6) is -0.463. The summed E-state index contributed by atoms with van der Waals surface area (Å²) in [6.07, 6.45) is 8.30. The van der Waals surface area contributed by atoms with Crippen LogP contribution in [-0.4, -0.2) is 44.2 Å². The number of nitrogens with zero attached hydrogens (tertiary/aromatic N) is 3. The van der Waals surface area contributed by atoms with E-state index in [9.17, 15) is 14.7 Å². The average molecular weight is 440 g/mol. The first kappa shape index (κ1) is 23.0. The Kier molecular flexibility index (Phi) is 6.44. The van der Waals surface area contributed by atoms with E-state index in [1.165, 1.54) is 32.1 Å². The zero-order chi connectivity index (χ0) is 23.0. The topological polar surface area (TPSA) is 75.4 Å². The van der Waals surface area contributed by atoms with E-state index in [1.54, 1.807) is 10.6 Å². The Balaban J connectivity index is 1.55. The molecule has 2 heterocycles. The zero-order valence-corrected chi connectivity index (χ0v) is 19.9. The molecule has 1 aromatic carbocycles. The maximum Gasteiger partial charge on any atom is 0.360 e. The number of hydrogen-bond donors (Lipinski definition) is 1. The second-order valence-corrected chi connectivity index (χ2v) is 10.9. The second kappa shape index (κ2) is 8.97. The molecule has 1 saturated heterocycles. The van der Waals surface area contributed by atoms with Gasteiger partial charge in [-0.3, -0.25) is 9.69 Å². The molecule has 174 valence electrons. The smallest absolute Gasteiger partial charge is 0.360 e. The van der Waals surface area contributed by atoms with Crippen molar-refractivity contribution < 1.29 is 9.90 Å². The highest BCUT2D eigenvalue weighted by Crippen LogP contribution is 2.41. The van der Waals surface area contributed by atoms with Gasteiger partial charge in [0.1, 0.15) is 0 Å². The van der Waals surface area contributed by atoms with Crippen molar-refractivity contribution in [3.63, 3.8) is 0 Å². The number of para-hydroxylation sites is 2. The van der Waals surface area contributed by atoms with Gasteiger partial charge in [0.2, 0.25) is 5.69 Å². The summed E-state index contributed by atoms with van der Waals surface area (Å²) in [6, 6.07) is 8.33. The minimum absolute atomic E-state index is 0.0926. The number of aromatic carboxylic acids is 1. The van der Waals surface area contributed by atoms with E-state index in [-0.39, 0.29) is 11.7 Å². The number of benzene rings is 1. The average Bonchev–Trinajstić information content (AvgIpc) is 3.20. The van der Waals surface area contributed by atoms with Crippen molar-refractivity contribution in [2.45, 2.75) is 90.8 Å². The van der Waals surface area contributed by atoms with E-state index in [1.807, 2.05) is 25.1 Å². The lowest BCUT2D eigenvalue weighted by molar-refractivity contribution is 0.0687. The van der Waals surface area contributed by atoms with Gasteiger partial charge >= 0.3 is 5.97 Å². The molecule has 1 aromatic heterocycles. The van der Waals surface area contributed by atoms with E-state index >= 15 is 0 Å². The summed E-state index contributed by atoms with van der Waals surface area (Å²) < 4.78 is 1.67. The molecule has 0 bridgehead atoms. The summed E-state index contributed by atoms with van der Waals surface area (Å²) in [5.41, 5.74) is 0.763. The van der Waals surface area contributed by atoms with Crippen molar-refractivity contribution in [2.75, 3.05) is 6.54 Å². The van der Waals surface area contributed by atoms with Crippen LogP contribution in [0.5, 0.6) is 0 Å². The predicted molar refractivity (Wildman–Crippen MR) is 127 cm³/mol. The highest BCUT2D eigenvalue weighted by molar-refractivity contribution is 5.88. The van der Waals surface area contributed by atoms with E-state index in [0.717, 1.165) is 25.3 Å². The third-order valence-corrected chi connectivity index (χ3v) is 7.86. The minimum Gasteiger partial charge on any atom is -0.476 e. The summed E-state index contributed by atoms with van der Waals surface area (Å²) in [6.45, 7) is 10.3. The molecule has 2 atom stereocenters. The molecule has 6 heteroatoms. The van der Waals surface area contributed by atoms with E-state index in [0.29, 0.717) is 28.5 Å². The SMILES string of the molecule is C[C@@H](C[C@@H]1CCCN1[C@H]1CC[C@@H](C(C)(C)C)CC1)n1c(=O)c(C(=O)O)nc2ccccc21. The van der Waals surface area contributed by atoms with Crippen LogP contribution in [0.25, 0.3) is 11.0 Å². The fourth-order valence-electron chi connectivity index (χ4n) is 6.10. The molecule has 0 amide bonds. The third kappa shape index (κ3) is 4.47. The number of carboxylic acid groups (broad SMARTS) is 1. The van der Waals surface area contributed by atoms with Crippen molar-refractivity contribution in [2.24, 2.45) is 11.3 Å². The second-order valence-electron chi connectivity index (χ2n) is 10.9. The number of aromatic nitrogens is 2. The molecule has 2 aliphatic rings. The van der Waals surface area contributed by atoms with Crippen LogP contribution in [0.4, 0.5) is 0 Å². The minimum atomic E-state index is -1.26. The fraction of sp³-hybridized carbons (Fsp3) is 0.654. The lowest BCUT2D eigenvalue weighted by Gasteiger charge is -2.42. The zero-order valence-electron chi connectivity index (χ0n) is 19.9. The number of fused-ring (bicyclic) bond motifs is 1. The van der Waals surface area contributed by atoms with Crippen LogP contribution in [0.1, 0.15) is 89.2 Å². The van der Waals surface area contributed by atoms with Crippen LogP contribution >= 0.6 is 0 Å². The van der Waals surface area contributed by atoms with Gasteiger partial charge < -0.3 is 9.67 Å². The molecular formula is C26H37N3O3. The first-order chi connectivity index (χ1) is 15.2. The molecule has 32 heavy (non-hydrogen) atoms. The van der Waals surface area contributed by atoms with E-state index in [2.05, 4.69) is 30.7 Å². The number of hydrogen-bond acceptors (Lipinski definition) is 4. The Morgan fingerprint density at radius 3 is 2.50 bits per heavy atom. The molecular weight excluding hydrogens is 402 g/mol. The summed E-state index contributed by atoms with van der Waals surface area (Å²) in [4.78, 5) is 31.5. The van der Waals surface area contributed by atoms with Crippen LogP contribution in [0.2, 0.25) is 0 Å². The molecule has 1 saturated carbocycles. The van der Waals surface area contributed by atoms with E-state index in [4.69, 9.17) is 0 Å². The molecule has 0 unspecified atom stereocenters. The Labute approximate surface area is 190 Å². The molecule has 1 aliphatic carbocycles. The van der Waals surface area contributed by atoms with Crippen LogP contribution in [0, 0.1) is 11.3 Å². The van der Waals surface area contributed by atoms with Gasteiger partial charge in [-0.25, -0.2) is 9.78 Å². The van der Waals surface area contributed by atoms with Gasteiger partial charge in [0.15, 0.2) is 0 Å². The van der Waals surface area contributed by atoms with Crippen molar-refractivity contribution in [1.29, 1.82) is 0 Å². The molecule has 4 rings (SSSR count). The van der Waals surface area contributed by atoms with Crippen molar-refractivity contribution >= 4 is 17.0 Å². The van der Waals surface area contributed by atoms with Gasteiger partial charge in [-0.1, -0.05) is 32.9 Å². The standard InChI is InChI=1S/C26H37N3O3/c1-17(29-22-10-6-5-9-21(22)27-23(24(29)30)25(31)32)16-20-8-7-15-28(20)19-13-11-18(12-14-19)26(2,3)4/h5-6,9-10,17-20H,7-8,11-16H2,1-4H3,(H,31,32)/t17-,18-,19+,20-/m0/s1. The van der Waals surface area contributed by atoms with Gasteiger partial charge in [-0.05, 0) is 81.9 Å². The highest BCUT2D eigenvalue weighted by Gasteiger charge is 2.37. The molecule has 0 radical (unpaired) electrons. The van der Waals surface area contributed by atoms with Crippen molar-refractivity contribution in [1.82, 2.24) is 14.5 Å². The lowest BCUT2D eigenvalue weighted by Crippen LogP contribution is -2.43. The van der Waals surface area contributed by atoms with Gasteiger partial charge in [0.25, 0.3) is 5.56 Å². The normalized spacial score (nSPS) is 25.8. The first-order valence-corrected chi connectivity index (χ1v) is 12.2. The molecule has 0 spiro atoms. The largest absolute Gasteiger partial charge is 0.476 e. The highest BCUT2D eigenvalue weighted by atomic mass is 16.4. The quantitative estimate of drug-likeness (QED) is 0.700. The van der Waals surface area contributed by atoms with Crippen LogP contribution in [-0.2, 0) is 0 Å². The monoisotopic (exact) mass is 439 g/mol. The Hall–Kier alpha value is -2.21. The maximum atomic E-state index is 13.1. The molecule has 1 aliphatic heterocycles. The van der Waals surface area contributed by atoms with Crippen molar-refractivity contribution in [3.05, 3.63) is 40.3 Å². The molecule has 6 nitrogen and oxygen atoms in total. The van der Waals surface area contributed by atoms with Gasteiger partial charge in [-0.2, -0.15) is 0 Å². The van der Waals surface area contributed by atoms with Gasteiger partial charge in [-0.15, -0.1) is 0 Å². The van der Waals surface area contributed by atoms with Gasteiger partial charge in [0, 0.05) is 18.1 Å². The molecule has 1 N–H and O–H groups in total. The summed E-state index contributed by atoms with van der Waals surface area (Å²) in [7, 11) is 0. The Morgan fingerprint density at radius 1 is 1.16 bits per heavy atom. The molecule has 2 aromatic rings. The summed E-state index contributed by atoms with van der Waals surface area (Å²) >= 11 is 0. The number of rotatable bonds is 5. The van der Waals surface area contributed by atoms with Crippen LogP contribution < -0.4 is 5.56 Å². The fourth-order valence-corrected chi connectivity index (χ4v) is 6.10. The van der Waals surface area contributed by atoms with E-state index < -0.39 is 11.5 Å². The lowest BCUT2D eigenvalue weighted by atomic mass is 9.71. The van der Waals surface area contributed by atoms with Crippen LogP contribution in [0.15, 0.2) is 29.1 Å². The number of carboxylic acids is 1. The van der Waals surface area contributed by atoms with Crippen molar-refractivity contribution in [3.8, 4) is 0 Å². The Morgan fingerprint density at radius 2 is 1.84 bits per heavy atom. The maximum absolute atomic E-state index is 13.1. The predicted octanol–water partition coefficient (Wildman–Crippen LogP) is 5.12. The first-order valence-electron chi connectivity index (χ1n) is 12.2. The summed E-state index contributed by atoms with van der Waals surface area (Å²) in [5, 5.41) is 9.52. The third-order valence-electron chi connectivity index (χ3n) is 7.86. The molecule has 2 fully saturated rings. The number of likely N-dealkylation sites (tertiary alicyclic amines) is 1.